The van der Waals surface area contributed by atoms with Crippen LogP contribution in [0.2, 0.25) is 0 Å². The van der Waals surface area contributed by atoms with Crippen molar-refractivity contribution in [2.24, 2.45) is 0 Å². The summed E-state index contributed by atoms with van der Waals surface area (Å²) in [4.78, 5) is 15.8. The van der Waals surface area contributed by atoms with Crippen LogP contribution in [0.5, 0.6) is 11.5 Å². The predicted molar refractivity (Wildman–Crippen MR) is 78.7 cm³/mol. The van der Waals surface area contributed by atoms with E-state index in [1.54, 1.807) is 42.6 Å². The molecule has 2 aromatic rings. The fourth-order valence-electron chi connectivity index (χ4n) is 2.20. The molecule has 0 saturated heterocycles. The van der Waals surface area contributed by atoms with Crippen LogP contribution in [-0.2, 0) is 0 Å². The van der Waals surface area contributed by atoms with Crippen molar-refractivity contribution >= 4 is 5.91 Å². The number of hydrogen-bond acceptors (Lipinski definition) is 5. The van der Waals surface area contributed by atoms with E-state index in [-0.39, 0.29) is 12.7 Å². The molecule has 0 spiro atoms. The van der Waals surface area contributed by atoms with E-state index in [2.05, 4.69) is 10.3 Å². The zero-order chi connectivity index (χ0) is 15.4. The minimum atomic E-state index is -0.682. The molecular weight excluding hydrogens is 284 g/mol. The number of benzene rings is 1. The topological polar surface area (TPSA) is 80.7 Å². The van der Waals surface area contributed by atoms with Crippen molar-refractivity contribution in [2.75, 3.05) is 13.3 Å². The number of nitrogens with zero attached hydrogens (tertiary/aromatic N) is 1. The molecule has 0 fully saturated rings. The van der Waals surface area contributed by atoms with E-state index in [1.165, 1.54) is 0 Å². The van der Waals surface area contributed by atoms with Gasteiger partial charge in [-0.05, 0) is 36.2 Å². The normalized spacial score (nSPS) is 13.7. The molecule has 0 bridgehead atoms. The highest BCUT2D eigenvalue weighted by Gasteiger charge is 2.16. The van der Waals surface area contributed by atoms with E-state index >= 15 is 0 Å². The van der Waals surface area contributed by atoms with E-state index in [1.807, 2.05) is 0 Å². The van der Waals surface area contributed by atoms with Crippen LogP contribution >= 0.6 is 0 Å². The van der Waals surface area contributed by atoms with Gasteiger partial charge in [0.1, 0.15) is 5.69 Å². The van der Waals surface area contributed by atoms with Crippen molar-refractivity contribution in [2.45, 2.75) is 12.5 Å². The number of hydrogen-bond donors (Lipinski definition) is 2. The number of amides is 1. The smallest absolute Gasteiger partial charge is 0.269 e. The summed E-state index contributed by atoms with van der Waals surface area (Å²) in [5.41, 5.74) is 1.09. The maximum Gasteiger partial charge on any atom is 0.269 e. The Bertz CT molecular complexity index is 660. The number of pyridine rings is 1. The summed E-state index contributed by atoms with van der Waals surface area (Å²) in [5.74, 6) is 1.06. The number of aliphatic hydroxyl groups is 1. The quantitative estimate of drug-likeness (QED) is 0.878. The molecular formula is C16H16N2O4. The van der Waals surface area contributed by atoms with Crippen molar-refractivity contribution in [3.8, 4) is 11.5 Å². The average Bonchev–Trinajstić information content (AvgIpc) is 3.03. The second kappa shape index (κ2) is 6.44. The van der Waals surface area contributed by atoms with Crippen LogP contribution < -0.4 is 14.8 Å². The Kier molecular flexibility index (Phi) is 4.20. The standard InChI is InChI=1S/C16H16N2O4/c19-13(11-4-5-14-15(9-11)22-10-21-14)6-8-18-16(20)12-3-1-2-7-17-12/h1-5,7,9,13,19H,6,8,10H2,(H,18,20)/t13-/m1/s1. The van der Waals surface area contributed by atoms with E-state index in [9.17, 15) is 9.90 Å². The van der Waals surface area contributed by atoms with Crippen LogP contribution in [0.25, 0.3) is 0 Å². The van der Waals surface area contributed by atoms with Crippen molar-refractivity contribution in [3.05, 3.63) is 53.9 Å². The van der Waals surface area contributed by atoms with Gasteiger partial charge < -0.3 is 19.9 Å². The van der Waals surface area contributed by atoms with E-state index < -0.39 is 6.10 Å². The van der Waals surface area contributed by atoms with Crippen molar-refractivity contribution in [3.63, 3.8) is 0 Å². The first-order valence-electron chi connectivity index (χ1n) is 7.01. The summed E-state index contributed by atoms with van der Waals surface area (Å²) in [7, 11) is 0. The number of ether oxygens (including phenoxy) is 2. The van der Waals surface area contributed by atoms with Gasteiger partial charge >= 0.3 is 0 Å². The third kappa shape index (κ3) is 3.17. The van der Waals surface area contributed by atoms with Gasteiger partial charge in [0.05, 0.1) is 6.10 Å². The molecule has 1 aliphatic rings. The maximum atomic E-state index is 11.8. The third-order valence-electron chi connectivity index (χ3n) is 3.38. The lowest BCUT2D eigenvalue weighted by Crippen LogP contribution is -2.26. The molecule has 2 heterocycles. The lowest BCUT2D eigenvalue weighted by Gasteiger charge is -2.12. The van der Waals surface area contributed by atoms with Gasteiger partial charge in [0.15, 0.2) is 11.5 Å². The van der Waals surface area contributed by atoms with Gasteiger partial charge in [0.25, 0.3) is 5.91 Å². The van der Waals surface area contributed by atoms with Crippen LogP contribution in [0.4, 0.5) is 0 Å². The lowest BCUT2D eigenvalue weighted by molar-refractivity contribution is 0.0937. The Labute approximate surface area is 127 Å². The zero-order valence-electron chi connectivity index (χ0n) is 11.9. The molecule has 0 unspecified atom stereocenters. The largest absolute Gasteiger partial charge is 0.454 e. The highest BCUT2D eigenvalue weighted by atomic mass is 16.7. The number of nitrogens with one attached hydrogen (secondary N) is 1. The molecule has 2 N–H and O–H groups in total. The fourth-order valence-corrected chi connectivity index (χ4v) is 2.20. The van der Waals surface area contributed by atoms with Crippen molar-refractivity contribution < 1.29 is 19.4 Å². The van der Waals surface area contributed by atoms with Gasteiger partial charge in [-0.2, -0.15) is 0 Å². The van der Waals surface area contributed by atoms with Gasteiger partial charge in [0.2, 0.25) is 6.79 Å². The van der Waals surface area contributed by atoms with Gasteiger partial charge in [-0.15, -0.1) is 0 Å². The molecule has 0 saturated carbocycles. The van der Waals surface area contributed by atoms with E-state index in [4.69, 9.17) is 9.47 Å². The summed E-state index contributed by atoms with van der Waals surface area (Å²) in [6, 6.07) is 10.5. The highest BCUT2D eigenvalue weighted by Crippen LogP contribution is 2.34. The van der Waals surface area contributed by atoms with Crippen LogP contribution in [0.1, 0.15) is 28.6 Å². The average molecular weight is 300 g/mol. The van der Waals surface area contributed by atoms with Crippen LogP contribution in [-0.4, -0.2) is 29.3 Å². The Morgan fingerprint density at radius 1 is 1.27 bits per heavy atom. The van der Waals surface area contributed by atoms with Gasteiger partial charge in [0, 0.05) is 12.7 Å². The first-order chi connectivity index (χ1) is 10.7. The lowest BCUT2D eigenvalue weighted by atomic mass is 10.1. The SMILES string of the molecule is O=C(NCC[C@@H](O)c1ccc2c(c1)OCO2)c1ccccn1. The molecule has 1 amide bonds. The molecule has 1 aliphatic heterocycles. The molecule has 114 valence electrons. The number of aromatic nitrogens is 1. The zero-order valence-corrected chi connectivity index (χ0v) is 11.9. The number of carbonyl (C=O) groups excluding carboxylic acids is 1. The molecule has 1 atom stereocenters. The van der Waals surface area contributed by atoms with Gasteiger partial charge in [-0.25, -0.2) is 0 Å². The third-order valence-corrected chi connectivity index (χ3v) is 3.38. The summed E-state index contributed by atoms with van der Waals surface area (Å²) in [6.07, 6.45) is 1.28. The minimum absolute atomic E-state index is 0.203. The number of aliphatic hydroxyl groups excluding tert-OH is 1. The molecule has 22 heavy (non-hydrogen) atoms. The Morgan fingerprint density at radius 3 is 2.95 bits per heavy atom. The van der Waals surface area contributed by atoms with Crippen LogP contribution in [0, 0.1) is 0 Å². The first kappa shape index (κ1) is 14.3. The van der Waals surface area contributed by atoms with Gasteiger partial charge in [-0.3, -0.25) is 9.78 Å². The van der Waals surface area contributed by atoms with Crippen LogP contribution in [0.3, 0.4) is 0 Å². The fraction of sp³-hybridized carbons (Fsp3) is 0.250. The summed E-state index contributed by atoms with van der Waals surface area (Å²) < 4.78 is 10.5. The first-order valence-corrected chi connectivity index (χ1v) is 7.01. The van der Waals surface area contributed by atoms with Crippen molar-refractivity contribution in [1.29, 1.82) is 0 Å². The second-order valence-corrected chi connectivity index (χ2v) is 4.89. The van der Waals surface area contributed by atoms with Crippen LogP contribution in [0.15, 0.2) is 42.6 Å². The molecule has 1 aromatic carbocycles. The Morgan fingerprint density at radius 2 is 2.14 bits per heavy atom. The number of fused-ring (bicyclic) bond motifs is 1. The number of rotatable bonds is 5. The Hall–Kier alpha value is -2.60. The summed E-state index contributed by atoms with van der Waals surface area (Å²) in [6.45, 7) is 0.556. The predicted octanol–water partition coefficient (Wildman–Crippen LogP) is 1.66. The highest BCUT2D eigenvalue weighted by molar-refractivity contribution is 5.92. The molecule has 0 radical (unpaired) electrons. The summed E-state index contributed by atoms with van der Waals surface area (Å²) in [5, 5.41) is 12.9. The Balaban J connectivity index is 1.52. The van der Waals surface area contributed by atoms with Crippen molar-refractivity contribution in [1.82, 2.24) is 10.3 Å². The van der Waals surface area contributed by atoms with E-state index in [0.717, 1.165) is 5.56 Å². The van der Waals surface area contributed by atoms with E-state index in [0.29, 0.717) is 30.2 Å². The monoisotopic (exact) mass is 300 g/mol. The second-order valence-electron chi connectivity index (χ2n) is 4.89. The molecule has 0 aliphatic carbocycles. The molecule has 6 heteroatoms. The molecule has 3 rings (SSSR count). The van der Waals surface area contributed by atoms with Gasteiger partial charge in [-0.1, -0.05) is 12.1 Å². The maximum absolute atomic E-state index is 11.8. The summed E-state index contributed by atoms with van der Waals surface area (Å²) >= 11 is 0. The minimum Gasteiger partial charge on any atom is -0.454 e. The molecule has 6 nitrogen and oxygen atoms in total. The number of carbonyl (C=O) groups is 1. The molecule has 1 aromatic heterocycles.